The minimum atomic E-state index is -0.268. The lowest BCUT2D eigenvalue weighted by atomic mass is 10.0. The smallest absolute Gasteiger partial charge is 0.251 e. The lowest BCUT2D eigenvalue weighted by Gasteiger charge is -2.35. The molecule has 1 aliphatic heterocycles. The van der Waals surface area contributed by atoms with E-state index in [2.05, 4.69) is 35.4 Å². The molecule has 3 aromatic rings. The summed E-state index contributed by atoms with van der Waals surface area (Å²) in [4.78, 5) is 27.3. The summed E-state index contributed by atoms with van der Waals surface area (Å²) < 4.78 is 5.83. The van der Waals surface area contributed by atoms with Crippen LogP contribution >= 0.6 is 0 Å². The van der Waals surface area contributed by atoms with Crippen molar-refractivity contribution in [1.82, 2.24) is 15.5 Å². The van der Waals surface area contributed by atoms with Crippen LogP contribution in [0.4, 0.5) is 0 Å². The molecule has 1 heterocycles. The van der Waals surface area contributed by atoms with Gasteiger partial charge in [0.15, 0.2) is 0 Å². The Morgan fingerprint density at radius 3 is 2.09 bits per heavy atom. The van der Waals surface area contributed by atoms with E-state index < -0.39 is 0 Å². The molecule has 1 saturated heterocycles. The fourth-order valence-electron chi connectivity index (χ4n) is 4.50. The van der Waals surface area contributed by atoms with Crippen molar-refractivity contribution in [2.24, 2.45) is 0 Å². The highest BCUT2D eigenvalue weighted by molar-refractivity contribution is 5.96. The third-order valence-electron chi connectivity index (χ3n) is 6.15. The molecular formula is C29H33N3O3. The number of hydrogen-bond acceptors (Lipinski definition) is 4. The van der Waals surface area contributed by atoms with Gasteiger partial charge in [-0.15, -0.1) is 0 Å². The van der Waals surface area contributed by atoms with Crippen LogP contribution in [0.1, 0.15) is 35.3 Å². The Bertz CT molecular complexity index is 1120. The monoisotopic (exact) mass is 471 g/mol. The number of benzene rings is 3. The number of carbonyl (C=O) groups excluding carboxylic acids is 2. The van der Waals surface area contributed by atoms with Gasteiger partial charge in [-0.2, -0.15) is 0 Å². The first-order valence-corrected chi connectivity index (χ1v) is 12.1. The Morgan fingerprint density at radius 2 is 1.40 bits per heavy atom. The largest absolute Gasteiger partial charge is 0.373 e. The van der Waals surface area contributed by atoms with E-state index in [0.717, 1.165) is 36.3 Å². The predicted octanol–water partition coefficient (Wildman–Crippen LogP) is 4.01. The summed E-state index contributed by atoms with van der Waals surface area (Å²) in [6.07, 6.45) is 0.424. The molecular weight excluding hydrogens is 438 g/mol. The molecule has 0 bridgehead atoms. The molecule has 0 aliphatic carbocycles. The summed E-state index contributed by atoms with van der Waals surface area (Å²) in [5.41, 5.74) is 4.93. The maximum atomic E-state index is 12.5. The van der Waals surface area contributed by atoms with Crippen LogP contribution < -0.4 is 10.6 Å². The fourth-order valence-corrected chi connectivity index (χ4v) is 4.50. The van der Waals surface area contributed by atoms with E-state index in [4.69, 9.17) is 4.74 Å². The lowest BCUT2D eigenvalue weighted by Crippen LogP contribution is -2.45. The van der Waals surface area contributed by atoms with Crippen LogP contribution in [0.5, 0.6) is 0 Å². The maximum absolute atomic E-state index is 12.5. The number of morpholine rings is 1. The van der Waals surface area contributed by atoms with Crippen molar-refractivity contribution in [3.63, 3.8) is 0 Å². The highest BCUT2D eigenvalue weighted by atomic mass is 16.5. The molecule has 0 spiro atoms. The van der Waals surface area contributed by atoms with Crippen LogP contribution in [-0.2, 0) is 22.6 Å². The van der Waals surface area contributed by atoms with E-state index in [-0.39, 0.29) is 30.6 Å². The van der Waals surface area contributed by atoms with Gasteiger partial charge in [0, 0.05) is 31.7 Å². The van der Waals surface area contributed by atoms with E-state index in [9.17, 15) is 9.59 Å². The summed E-state index contributed by atoms with van der Waals surface area (Å²) in [7, 11) is 0. The molecule has 2 N–H and O–H groups in total. The molecule has 1 aliphatic rings. The molecule has 1 fully saturated rings. The Balaban J connectivity index is 1.26. The number of ether oxygens (including phenoxy) is 1. The first-order chi connectivity index (χ1) is 17.0. The number of nitrogens with one attached hydrogen (secondary N) is 2. The number of hydrogen-bond donors (Lipinski definition) is 2. The zero-order chi connectivity index (χ0) is 24.6. The zero-order valence-electron chi connectivity index (χ0n) is 20.4. The summed E-state index contributed by atoms with van der Waals surface area (Å²) >= 11 is 0. The van der Waals surface area contributed by atoms with Crippen molar-refractivity contribution in [3.8, 4) is 11.1 Å². The summed E-state index contributed by atoms with van der Waals surface area (Å²) in [5.74, 6) is -0.488. The van der Waals surface area contributed by atoms with Crippen LogP contribution in [-0.4, -0.2) is 48.6 Å². The van der Waals surface area contributed by atoms with Crippen LogP contribution in [0.15, 0.2) is 78.9 Å². The number of carbonyl (C=O) groups is 2. The summed E-state index contributed by atoms with van der Waals surface area (Å²) in [6.45, 7) is 7.15. The van der Waals surface area contributed by atoms with E-state index in [1.54, 1.807) is 12.1 Å². The van der Waals surface area contributed by atoms with Gasteiger partial charge in [-0.3, -0.25) is 14.5 Å². The number of rotatable bonds is 8. The van der Waals surface area contributed by atoms with Gasteiger partial charge in [-0.1, -0.05) is 66.7 Å². The highest BCUT2D eigenvalue weighted by Crippen LogP contribution is 2.19. The molecule has 6 heteroatoms. The number of nitrogens with zero attached hydrogens (tertiary/aromatic N) is 1. The first kappa shape index (κ1) is 24.6. The molecule has 6 nitrogen and oxygen atoms in total. The zero-order valence-corrected chi connectivity index (χ0v) is 20.4. The second-order valence-corrected chi connectivity index (χ2v) is 9.12. The normalized spacial score (nSPS) is 18.1. The standard InChI is InChI=1S/C29H33N3O3/c1-21-18-32(19-22(2)35-21)20-27-11-7-6-10-26(27)16-30-28(33)17-31-29(34)25-14-12-24(13-15-25)23-8-4-3-5-9-23/h3-15,21-22H,16-20H2,1-2H3,(H,30,33)(H,31,34). The minimum absolute atomic E-state index is 0.0695. The van der Waals surface area contributed by atoms with Crippen LogP contribution in [0.3, 0.4) is 0 Å². The predicted molar refractivity (Wildman–Crippen MR) is 138 cm³/mol. The van der Waals surface area contributed by atoms with Crippen LogP contribution in [0, 0.1) is 0 Å². The Kier molecular flexibility index (Phi) is 8.29. The fraction of sp³-hybridized carbons (Fsp3) is 0.310. The van der Waals surface area contributed by atoms with Crippen molar-refractivity contribution in [2.45, 2.75) is 39.1 Å². The van der Waals surface area contributed by atoms with Gasteiger partial charge >= 0.3 is 0 Å². The molecule has 0 saturated carbocycles. The van der Waals surface area contributed by atoms with Gasteiger partial charge in [-0.25, -0.2) is 0 Å². The summed E-state index contributed by atoms with van der Waals surface area (Å²) in [5, 5.41) is 5.65. The van der Waals surface area contributed by atoms with Gasteiger partial charge in [0.25, 0.3) is 5.91 Å². The molecule has 2 amide bonds. The van der Waals surface area contributed by atoms with Crippen molar-refractivity contribution in [1.29, 1.82) is 0 Å². The maximum Gasteiger partial charge on any atom is 0.251 e. The first-order valence-electron chi connectivity index (χ1n) is 12.1. The lowest BCUT2D eigenvalue weighted by molar-refractivity contribution is -0.120. The van der Waals surface area contributed by atoms with Crippen molar-refractivity contribution >= 4 is 11.8 Å². The second kappa shape index (κ2) is 11.8. The van der Waals surface area contributed by atoms with Gasteiger partial charge in [-0.05, 0) is 48.2 Å². The second-order valence-electron chi connectivity index (χ2n) is 9.12. The average molecular weight is 472 g/mol. The minimum Gasteiger partial charge on any atom is -0.373 e. The molecule has 2 atom stereocenters. The third kappa shape index (κ3) is 7.01. The van der Waals surface area contributed by atoms with E-state index in [1.165, 1.54) is 5.56 Å². The van der Waals surface area contributed by atoms with E-state index in [1.807, 2.05) is 60.7 Å². The Labute approximate surface area is 207 Å². The topological polar surface area (TPSA) is 70.7 Å². The average Bonchev–Trinajstić information content (AvgIpc) is 2.87. The van der Waals surface area contributed by atoms with Crippen molar-refractivity contribution in [3.05, 3.63) is 95.6 Å². The Morgan fingerprint density at radius 1 is 0.800 bits per heavy atom. The summed E-state index contributed by atoms with van der Waals surface area (Å²) in [6, 6.07) is 25.5. The molecule has 0 radical (unpaired) electrons. The van der Waals surface area contributed by atoms with E-state index in [0.29, 0.717) is 12.1 Å². The molecule has 4 rings (SSSR count). The van der Waals surface area contributed by atoms with Gasteiger partial charge in [0.1, 0.15) is 0 Å². The molecule has 2 unspecified atom stereocenters. The van der Waals surface area contributed by atoms with Gasteiger partial charge in [0.05, 0.1) is 18.8 Å². The van der Waals surface area contributed by atoms with E-state index >= 15 is 0 Å². The van der Waals surface area contributed by atoms with Crippen molar-refractivity contribution in [2.75, 3.05) is 19.6 Å². The molecule has 35 heavy (non-hydrogen) atoms. The van der Waals surface area contributed by atoms with Crippen LogP contribution in [0.25, 0.3) is 11.1 Å². The molecule has 3 aromatic carbocycles. The quantitative estimate of drug-likeness (QED) is 0.521. The van der Waals surface area contributed by atoms with Crippen molar-refractivity contribution < 1.29 is 14.3 Å². The number of amides is 2. The SMILES string of the molecule is CC1CN(Cc2ccccc2CNC(=O)CNC(=O)c2ccc(-c3ccccc3)cc2)CC(C)O1. The van der Waals surface area contributed by atoms with Gasteiger partial charge < -0.3 is 15.4 Å². The third-order valence-corrected chi connectivity index (χ3v) is 6.15. The highest BCUT2D eigenvalue weighted by Gasteiger charge is 2.22. The Hall–Kier alpha value is -3.48. The molecule has 0 aromatic heterocycles. The van der Waals surface area contributed by atoms with Gasteiger partial charge in [0.2, 0.25) is 5.91 Å². The van der Waals surface area contributed by atoms with Crippen LogP contribution in [0.2, 0.25) is 0 Å². The molecule has 182 valence electrons.